The molecule has 1 aliphatic heterocycles. The number of hydrogen-bond acceptors (Lipinski definition) is 5. The van der Waals surface area contributed by atoms with Gasteiger partial charge in [-0.2, -0.15) is 5.10 Å². The molecule has 0 saturated carbocycles. The Labute approximate surface area is 148 Å². The fraction of sp³-hybridized carbons (Fsp3) is 0.158. The molecule has 2 aromatic carbocycles. The first-order chi connectivity index (χ1) is 12.6. The van der Waals surface area contributed by atoms with Crippen LogP contribution in [0.15, 0.2) is 52.4 Å². The zero-order valence-electron chi connectivity index (χ0n) is 13.8. The van der Waals surface area contributed by atoms with Crippen LogP contribution in [0.1, 0.15) is 28.2 Å². The van der Waals surface area contributed by atoms with Crippen LogP contribution in [0, 0.1) is 0 Å². The molecule has 0 saturated heterocycles. The zero-order chi connectivity index (χ0) is 18.1. The highest BCUT2D eigenvalue weighted by atomic mass is 16.3. The van der Waals surface area contributed by atoms with Crippen LogP contribution in [0.25, 0.3) is 10.9 Å². The fourth-order valence-corrected chi connectivity index (χ4v) is 3.05. The van der Waals surface area contributed by atoms with Crippen molar-refractivity contribution < 1.29 is 9.90 Å². The first-order valence-corrected chi connectivity index (χ1v) is 8.28. The van der Waals surface area contributed by atoms with E-state index in [-0.39, 0.29) is 11.3 Å². The van der Waals surface area contributed by atoms with Crippen LogP contribution < -0.4 is 11.0 Å². The van der Waals surface area contributed by atoms with Crippen LogP contribution in [0.4, 0.5) is 0 Å². The minimum absolute atomic E-state index is 0.0629. The van der Waals surface area contributed by atoms with E-state index in [1.807, 2.05) is 0 Å². The molecule has 2 heterocycles. The van der Waals surface area contributed by atoms with Crippen molar-refractivity contribution in [2.75, 3.05) is 0 Å². The SMILES string of the molecule is O=C(N/N=C/c1ccccc1O)c1ccc2c(=O)n3c(nc2c1)CCC3. The Bertz CT molecular complexity index is 1100. The van der Waals surface area contributed by atoms with Crippen molar-refractivity contribution in [3.8, 4) is 5.75 Å². The number of amides is 1. The number of nitrogens with zero attached hydrogens (tertiary/aromatic N) is 3. The summed E-state index contributed by atoms with van der Waals surface area (Å²) < 4.78 is 1.69. The molecule has 0 aliphatic carbocycles. The summed E-state index contributed by atoms with van der Waals surface area (Å²) in [5.74, 6) is 0.424. The number of para-hydroxylation sites is 1. The molecule has 0 bridgehead atoms. The predicted molar refractivity (Wildman–Crippen MR) is 97.5 cm³/mol. The third-order valence-electron chi connectivity index (χ3n) is 4.39. The number of hydrazone groups is 1. The Hall–Kier alpha value is -3.48. The number of benzene rings is 2. The average molecular weight is 348 g/mol. The monoisotopic (exact) mass is 348 g/mol. The summed E-state index contributed by atoms with van der Waals surface area (Å²) in [5.41, 5.74) is 3.73. The molecular weight excluding hydrogens is 332 g/mol. The molecule has 3 aromatic rings. The summed E-state index contributed by atoms with van der Waals surface area (Å²) in [6.45, 7) is 0.695. The molecule has 0 spiro atoms. The normalized spacial score (nSPS) is 13.2. The Morgan fingerprint density at radius 1 is 1.27 bits per heavy atom. The predicted octanol–water partition coefficient (Wildman–Crippen LogP) is 1.81. The third kappa shape index (κ3) is 2.83. The standard InChI is InChI=1S/C19H16N4O3/c24-16-5-2-1-4-13(16)11-20-22-18(25)12-7-8-14-15(10-12)21-17-6-3-9-23(17)19(14)26/h1-2,4-5,7-8,10-11,24H,3,6,9H2,(H,22,25)/b20-11+. The van der Waals surface area contributed by atoms with Gasteiger partial charge >= 0.3 is 0 Å². The lowest BCUT2D eigenvalue weighted by atomic mass is 10.1. The number of phenolic OH excluding ortho intramolecular Hbond substituents is 1. The van der Waals surface area contributed by atoms with Crippen molar-refractivity contribution in [1.29, 1.82) is 0 Å². The fourth-order valence-electron chi connectivity index (χ4n) is 3.05. The largest absolute Gasteiger partial charge is 0.507 e. The van der Waals surface area contributed by atoms with Crippen LogP contribution in [0.2, 0.25) is 0 Å². The van der Waals surface area contributed by atoms with E-state index in [4.69, 9.17) is 0 Å². The molecule has 1 amide bonds. The number of phenols is 1. The maximum Gasteiger partial charge on any atom is 0.271 e. The number of nitrogens with one attached hydrogen (secondary N) is 1. The molecule has 7 nitrogen and oxygen atoms in total. The van der Waals surface area contributed by atoms with E-state index in [1.54, 1.807) is 41.0 Å². The maximum atomic E-state index is 12.4. The van der Waals surface area contributed by atoms with Gasteiger partial charge in [0, 0.05) is 24.1 Å². The van der Waals surface area contributed by atoms with Gasteiger partial charge < -0.3 is 5.11 Å². The Morgan fingerprint density at radius 2 is 2.12 bits per heavy atom. The van der Waals surface area contributed by atoms with E-state index >= 15 is 0 Å². The lowest BCUT2D eigenvalue weighted by Gasteiger charge is -2.06. The number of aryl methyl sites for hydroxylation is 1. The van der Waals surface area contributed by atoms with Gasteiger partial charge in [0.1, 0.15) is 11.6 Å². The van der Waals surface area contributed by atoms with Crippen molar-refractivity contribution >= 4 is 23.0 Å². The van der Waals surface area contributed by atoms with Crippen molar-refractivity contribution in [2.45, 2.75) is 19.4 Å². The number of aromatic nitrogens is 2. The Kier molecular flexibility index (Phi) is 3.96. The average Bonchev–Trinajstić information content (AvgIpc) is 3.11. The maximum absolute atomic E-state index is 12.4. The van der Waals surface area contributed by atoms with Gasteiger partial charge in [-0.25, -0.2) is 10.4 Å². The topological polar surface area (TPSA) is 96.6 Å². The van der Waals surface area contributed by atoms with E-state index in [1.165, 1.54) is 12.3 Å². The van der Waals surface area contributed by atoms with Gasteiger partial charge in [0.15, 0.2) is 0 Å². The summed E-state index contributed by atoms with van der Waals surface area (Å²) in [5, 5.41) is 14.0. The van der Waals surface area contributed by atoms with Gasteiger partial charge in [0.05, 0.1) is 17.1 Å². The van der Waals surface area contributed by atoms with Crippen LogP contribution in [-0.2, 0) is 13.0 Å². The Balaban J connectivity index is 1.58. The molecule has 7 heteroatoms. The first kappa shape index (κ1) is 16.0. The second-order valence-corrected chi connectivity index (χ2v) is 6.08. The molecule has 0 unspecified atom stereocenters. The highest BCUT2D eigenvalue weighted by Crippen LogP contribution is 2.16. The molecule has 26 heavy (non-hydrogen) atoms. The molecule has 0 fully saturated rings. The van der Waals surface area contributed by atoms with Crippen LogP contribution >= 0.6 is 0 Å². The second kappa shape index (κ2) is 6.44. The van der Waals surface area contributed by atoms with Crippen LogP contribution in [0.5, 0.6) is 5.75 Å². The minimum atomic E-state index is -0.416. The van der Waals surface area contributed by atoms with Gasteiger partial charge in [-0.3, -0.25) is 14.2 Å². The lowest BCUT2D eigenvalue weighted by Crippen LogP contribution is -2.22. The number of rotatable bonds is 3. The highest BCUT2D eigenvalue weighted by Gasteiger charge is 2.17. The number of fused-ring (bicyclic) bond motifs is 2. The summed E-state index contributed by atoms with van der Waals surface area (Å²) in [4.78, 5) is 29.2. The van der Waals surface area contributed by atoms with Gasteiger partial charge in [0.2, 0.25) is 0 Å². The van der Waals surface area contributed by atoms with E-state index in [0.717, 1.165) is 18.7 Å². The summed E-state index contributed by atoms with van der Waals surface area (Å²) >= 11 is 0. The van der Waals surface area contributed by atoms with E-state index in [2.05, 4.69) is 15.5 Å². The quantitative estimate of drug-likeness (QED) is 0.557. The van der Waals surface area contributed by atoms with Crippen molar-refractivity contribution in [3.63, 3.8) is 0 Å². The van der Waals surface area contributed by atoms with Crippen molar-refractivity contribution in [1.82, 2.24) is 15.0 Å². The van der Waals surface area contributed by atoms with E-state index in [9.17, 15) is 14.7 Å². The molecule has 4 rings (SSSR count). The summed E-state index contributed by atoms with van der Waals surface area (Å²) in [6, 6.07) is 11.5. The molecular formula is C19H16N4O3. The minimum Gasteiger partial charge on any atom is -0.507 e. The van der Waals surface area contributed by atoms with Gasteiger partial charge in [-0.15, -0.1) is 0 Å². The lowest BCUT2D eigenvalue weighted by molar-refractivity contribution is 0.0955. The zero-order valence-corrected chi connectivity index (χ0v) is 13.8. The number of carbonyl (C=O) groups is 1. The molecule has 1 aromatic heterocycles. The highest BCUT2D eigenvalue weighted by molar-refractivity contribution is 5.98. The van der Waals surface area contributed by atoms with E-state index in [0.29, 0.717) is 28.6 Å². The molecule has 0 atom stereocenters. The second-order valence-electron chi connectivity index (χ2n) is 6.08. The third-order valence-corrected chi connectivity index (χ3v) is 4.39. The number of hydrogen-bond donors (Lipinski definition) is 2. The smallest absolute Gasteiger partial charge is 0.271 e. The molecule has 2 N–H and O–H groups in total. The van der Waals surface area contributed by atoms with Crippen LogP contribution in [0.3, 0.4) is 0 Å². The van der Waals surface area contributed by atoms with Gasteiger partial charge in [-0.05, 0) is 36.8 Å². The summed E-state index contributed by atoms with van der Waals surface area (Å²) in [6.07, 6.45) is 3.05. The summed E-state index contributed by atoms with van der Waals surface area (Å²) in [7, 11) is 0. The van der Waals surface area contributed by atoms with Crippen molar-refractivity contribution in [2.24, 2.45) is 5.10 Å². The molecule has 0 radical (unpaired) electrons. The molecule has 1 aliphatic rings. The van der Waals surface area contributed by atoms with Gasteiger partial charge in [0.25, 0.3) is 11.5 Å². The Morgan fingerprint density at radius 3 is 2.96 bits per heavy atom. The number of carbonyl (C=O) groups excluding carboxylic acids is 1. The van der Waals surface area contributed by atoms with Crippen molar-refractivity contribution in [3.05, 3.63) is 69.8 Å². The van der Waals surface area contributed by atoms with E-state index < -0.39 is 5.91 Å². The first-order valence-electron chi connectivity index (χ1n) is 8.28. The number of aromatic hydroxyl groups is 1. The van der Waals surface area contributed by atoms with Gasteiger partial charge in [-0.1, -0.05) is 12.1 Å². The van der Waals surface area contributed by atoms with Crippen LogP contribution in [-0.4, -0.2) is 26.8 Å². The molecule has 130 valence electrons.